The van der Waals surface area contributed by atoms with Crippen LogP contribution in [0.2, 0.25) is 5.02 Å². The fourth-order valence-corrected chi connectivity index (χ4v) is 4.80. The highest BCUT2D eigenvalue weighted by molar-refractivity contribution is 7.92. The molecule has 2 aromatic carbocycles. The molecule has 0 radical (unpaired) electrons. The molecular formula is C20H20ClF3N2O4S. The number of alkyl halides is 3. The molecule has 1 aliphatic heterocycles. The molecule has 31 heavy (non-hydrogen) atoms. The number of hydrogen-bond donors (Lipinski definition) is 1. The van der Waals surface area contributed by atoms with Crippen molar-refractivity contribution >= 4 is 33.2 Å². The maximum atomic E-state index is 13.3. The van der Waals surface area contributed by atoms with E-state index in [2.05, 4.69) is 5.32 Å². The molecule has 0 bridgehead atoms. The summed E-state index contributed by atoms with van der Waals surface area (Å²) in [5.41, 5.74) is -1.52. The van der Waals surface area contributed by atoms with E-state index in [1.807, 2.05) is 0 Å². The molecule has 3 rings (SSSR count). The summed E-state index contributed by atoms with van der Waals surface area (Å²) in [4.78, 5) is 12.3. The third kappa shape index (κ3) is 5.69. The number of sulfonamides is 1. The topological polar surface area (TPSA) is 75.7 Å². The van der Waals surface area contributed by atoms with Crippen LogP contribution in [0.25, 0.3) is 0 Å². The molecule has 0 saturated carbocycles. The molecular weight excluding hydrogens is 457 g/mol. The van der Waals surface area contributed by atoms with E-state index in [4.69, 9.17) is 16.3 Å². The van der Waals surface area contributed by atoms with Crippen molar-refractivity contribution < 1.29 is 31.1 Å². The average Bonchev–Trinajstić information content (AvgIpc) is 3.24. The van der Waals surface area contributed by atoms with E-state index in [-0.39, 0.29) is 23.2 Å². The molecule has 2 aromatic rings. The molecule has 0 spiro atoms. The van der Waals surface area contributed by atoms with E-state index in [1.165, 1.54) is 24.3 Å². The summed E-state index contributed by atoms with van der Waals surface area (Å²) in [6, 6.07) is 9.86. The smallest absolute Gasteiger partial charge is 0.376 e. The second-order valence-electron chi connectivity index (χ2n) is 6.93. The zero-order chi connectivity index (χ0) is 22.6. The predicted molar refractivity (Wildman–Crippen MR) is 109 cm³/mol. The van der Waals surface area contributed by atoms with Gasteiger partial charge in [0, 0.05) is 13.2 Å². The molecule has 1 amide bonds. The van der Waals surface area contributed by atoms with Gasteiger partial charge in [-0.25, -0.2) is 8.42 Å². The Morgan fingerprint density at radius 2 is 1.90 bits per heavy atom. The summed E-state index contributed by atoms with van der Waals surface area (Å²) in [6.45, 7) is 0.0649. The molecule has 6 nitrogen and oxygen atoms in total. The van der Waals surface area contributed by atoms with Crippen molar-refractivity contribution in [3.05, 3.63) is 59.1 Å². The quantitative estimate of drug-likeness (QED) is 0.658. The summed E-state index contributed by atoms with van der Waals surface area (Å²) >= 11 is 5.66. The maximum absolute atomic E-state index is 13.3. The highest BCUT2D eigenvalue weighted by atomic mass is 35.5. The van der Waals surface area contributed by atoms with Crippen molar-refractivity contribution in [2.75, 3.05) is 24.0 Å². The van der Waals surface area contributed by atoms with Crippen LogP contribution in [-0.4, -0.2) is 40.1 Å². The van der Waals surface area contributed by atoms with Crippen molar-refractivity contribution in [1.82, 2.24) is 5.32 Å². The number of hydrogen-bond acceptors (Lipinski definition) is 4. The van der Waals surface area contributed by atoms with Gasteiger partial charge in [0.25, 0.3) is 10.0 Å². The number of nitrogens with one attached hydrogen (secondary N) is 1. The predicted octanol–water partition coefficient (Wildman–Crippen LogP) is 3.85. The van der Waals surface area contributed by atoms with Crippen LogP contribution in [0.15, 0.2) is 53.4 Å². The van der Waals surface area contributed by atoms with Gasteiger partial charge in [-0.1, -0.05) is 29.8 Å². The van der Waals surface area contributed by atoms with E-state index < -0.39 is 39.2 Å². The number of benzene rings is 2. The van der Waals surface area contributed by atoms with Crippen LogP contribution in [-0.2, 0) is 25.7 Å². The van der Waals surface area contributed by atoms with Crippen molar-refractivity contribution in [2.45, 2.75) is 30.0 Å². The minimum absolute atomic E-state index is 0.162. The van der Waals surface area contributed by atoms with Gasteiger partial charge >= 0.3 is 6.18 Å². The van der Waals surface area contributed by atoms with Crippen LogP contribution in [0.1, 0.15) is 18.4 Å². The third-order valence-corrected chi connectivity index (χ3v) is 6.83. The number of anilines is 1. The molecule has 1 unspecified atom stereocenters. The number of carbonyl (C=O) groups is 1. The van der Waals surface area contributed by atoms with Gasteiger partial charge in [-0.3, -0.25) is 9.10 Å². The van der Waals surface area contributed by atoms with Crippen molar-refractivity contribution in [1.29, 1.82) is 0 Å². The van der Waals surface area contributed by atoms with Gasteiger partial charge in [-0.15, -0.1) is 0 Å². The van der Waals surface area contributed by atoms with E-state index in [0.717, 1.165) is 25.0 Å². The first kappa shape index (κ1) is 23.4. The Morgan fingerprint density at radius 3 is 2.52 bits per heavy atom. The standard InChI is InChI=1S/C20H20ClF3N2O4S/c21-18-9-8-14(11-17(18)20(22,23)24)26(31(28,29)16-6-2-1-3-7-16)13-19(27)25-12-15-5-4-10-30-15/h1-3,6-9,11,15H,4-5,10,12-13H2,(H,25,27). The lowest BCUT2D eigenvalue weighted by molar-refractivity contribution is -0.137. The maximum Gasteiger partial charge on any atom is 0.417 e. The summed E-state index contributed by atoms with van der Waals surface area (Å²) in [5, 5.41) is 2.01. The summed E-state index contributed by atoms with van der Waals surface area (Å²) in [5.74, 6) is -0.668. The number of amides is 1. The molecule has 0 aliphatic carbocycles. The van der Waals surface area contributed by atoms with Gasteiger partial charge in [0.2, 0.25) is 5.91 Å². The second-order valence-corrected chi connectivity index (χ2v) is 9.20. The van der Waals surface area contributed by atoms with Gasteiger partial charge in [0.15, 0.2) is 0 Å². The third-order valence-electron chi connectivity index (χ3n) is 4.71. The molecule has 1 heterocycles. The lowest BCUT2D eigenvalue weighted by Crippen LogP contribution is -2.43. The van der Waals surface area contributed by atoms with Gasteiger partial charge in [0.05, 0.1) is 27.3 Å². The molecule has 11 heteroatoms. The van der Waals surface area contributed by atoms with E-state index in [0.29, 0.717) is 17.0 Å². The molecule has 1 aliphatic rings. The Hall–Kier alpha value is -2.30. The lowest BCUT2D eigenvalue weighted by Gasteiger charge is -2.25. The van der Waals surface area contributed by atoms with Crippen molar-refractivity contribution in [3.8, 4) is 0 Å². The Kier molecular flexibility index (Phi) is 7.13. The molecule has 0 aromatic heterocycles. The number of halogens is 4. The number of rotatable bonds is 7. The van der Waals surface area contributed by atoms with Crippen LogP contribution in [0.3, 0.4) is 0 Å². The minimum Gasteiger partial charge on any atom is -0.376 e. The Balaban J connectivity index is 1.94. The number of ether oxygens (including phenoxy) is 1. The van der Waals surface area contributed by atoms with E-state index in [9.17, 15) is 26.4 Å². The normalized spacial score (nSPS) is 16.8. The SMILES string of the molecule is O=C(CN(c1ccc(Cl)c(C(F)(F)F)c1)S(=O)(=O)c1ccccc1)NCC1CCCO1. The van der Waals surface area contributed by atoms with E-state index in [1.54, 1.807) is 6.07 Å². The minimum atomic E-state index is -4.79. The Labute approximate surface area is 183 Å². The van der Waals surface area contributed by atoms with Gasteiger partial charge < -0.3 is 10.1 Å². The first-order chi connectivity index (χ1) is 14.6. The lowest BCUT2D eigenvalue weighted by atomic mass is 10.2. The van der Waals surface area contributed by atoms with Gasteiger partial charge in [0.1, 0.15) is 6.54 Å². The monoisotopic (exact) mass is 476 g/mol. The molecule has 168 valence electrons. The Bertz CT molecular complexity index is 1030. The fraction of sp³-hybridized carbons (Fsp3) is 0.350. The average molecular weight is 477 g/mol. The summed E-state index contributed by atoms with van der Waals surface area (Å²) in [6.07, 6.45) is -3.34. The Morgan fingerprint density at radius 1 is 1.19 bits per heavy atom. The highest BCUT2D eigenvalue weighted by Gasteiger charge is 2.35. The van der Waals surface area contributed by atoms with Gasteiger partial charge in [-0.05, 0) is 43.2 Å². The summed E-state index contributed by atoms with van der Waals surface area (Å²) in [7, 11) is -4.33. The first-order valence-corrected chi connectivity index (χ1v) is 11.2. The van der Waals surface area contributed by atoms with Crippen LogP contribution >= 0.6 is 11.6 Å². The van der Waals surface area contributed by atoms with Crippen LogP contribution < -0.4 is 9.62 Å². The van der Waals surface area contributed by atoms with Crippen molar-refractivity contribution in [3.63, 3.8) is 0 Å². The largest absolute Gasteiger partial charge is 0.417 e. The number of nitrogens with zero attached hydrogens (tertiary/aromatic N) is 1. The van der Waals surface area contributed by atoms with Crippen LogP contribution in [0, 0.1) is 0 Å². The molecule has 1 saturated heterocycles. The fourth-order valence-electron chi connectivity index (χ4n) is 3.14. The van der Waals surface area contributed by atoms with Crippen LogP contribution in [0.4, 0.5) is 18.9 Å². The molecule has 1 atom stereocenters. The summed E-state index contributed by atoms with van der Waals surface area (Å²) < 4.78 is 72.4. The second kappa shape index (κ2) is 9.46. The van der Waals surface area contributed by atoms with Crippen LogP contribution in [0.5, 0.6) is 0 Å². The zero-order valence-corrected chi connectivity index (χ0v) is 17.8. The number of carbonyl (C=O) groups excluding carboxylic acids is 1. The van der Waals surface area contributed by atoms with Crippen molar-refractivity contribution in [2.24, 2.45) is 0 Å². The zero-order valence-electron chi connectivity index (χ0n) is 16.2. The van der Waals surface area contributed by atoms with E-state index >= 15 is 0 Å². The first-order valence-electron chi connectivity index (χ1n) is 9.42. The molecule has 1 fully saturated rings. The highest BCUT2D eigenvalue weighted by Crippen LogP contribution is 2.38. The van der Waals surface area contributed by atoms with Gasteiger partial charge in [-0.2, -0.15) is 13.2 Å². The molecule has 1 N–H and O–H groups in total.